The zero-order valence-electron chi connectivity index (χ0n) is 8.07. The molecule has 3 aliphatic rings. The van der Waals surface area contributed by atoms with E-state index in [1.54, 1.807) is 0 Å². The second kappa shape index (κ2) is 3.09. The van der Waals surface area contributed by atoms with E-state index in [-0.39, 0.29) is 17.8 Å². The standard InChI is InChI=1S/C11H14O3/c12-11(10-2-1-5-13-10)8-6-7-3-4-9(8)14-7/h2,7-9H,1,3-6H2. The Hall–Kier alpha value is -0.830. The zero-order chi connectivity index (χ0) is 9.54. The summed E-state index contributed by atoms with van der Waals surface area (Å²) < 4.78 is 11.0. The van der Waals surface area contributed by atoms with Gasteiger partial charge in [-0.05, 0) is 25.3 Å². The molecule has 2 saturated heterocycles. The maximum Gasteiger partial charge on any atom is 0.202 e. The summed E-state index contributed by atoms with van der Waals surface area (Å²) in [6.45, 7) is 0.669. The van der Waals surface area contributed by atoms with Gasteiger partial charge in [0.25, 0.3) is 0 Å². The van der Waals surface area contributed by atoms with E-state index >= 15 is 0 Å². The summed E-state index contributed by atoms with van der Waals surface area (Å²) >= 11 is 0. The molecule has 0 N–H and O–H groups in total. The highest BCUT2D eigenvalue weighted by molar-refractivity contribution is 5.96. The fourth-order valence-corrected chi connectivity index (χ4v) is 2.69. The molecule has 2 fully saturated rings. The van der Waals surface area contributed by atoms with Gasteiger partial charge in [0.05, 0.1) is 24.7 Å². The summed E-state index contributed by atoms with van der Waals surface area (Å²) in [5.74, 6) is 0.846. The summed E-state index contributed by atoms with van der Waals surface area (Å²) in [5, 5.41) is 0. The zero-order valence-corrected chi connectivity index (χ0v) is 8.07. The highest BCUT2D eigenvalue weighted by Crippen LogP contribution is 2.40. The van der Waals surface area contributed by atoms with Crippen LogP contribution < -0.4 is 0 Å². The molecule has 3 heteroatoms. The first-order chi connectivity index (χ1) is 6.84. The van der Waals surface area contributed by atoms with Crippen LogP contribution in [0.1, 0.15) is 25.7 Å². The summed E-state index contributed by atoms with van der Waals surface area (Å²) in [7, 11) is 0. The van der Waals surface area contributed by atoms with Crippen LogP contribution in [0.5, 0.6) is 0 Å². The number of carbonyl (C=O) groups excluding carboxylic acids is 1. The van der Waals surface area contributed by atoms with Crippen molar-refractivity contribution in [2.75, 3.05) is 6.61 Å². The second-order valence-corrected chi connectivity index (χ2v) is 4.29. The molecule has 3 atom stereocenters. The number of ether oxygens (including phenoxy) is 2. The first-order valence-electron chi connectivity index (χ1n) is 5.37. The molecule has 3 nitrogen and oxygen atoms in total. The normalized spacial score (nSPS) is 39.7. The third kappa shape index (κ3) is 1.19. The van der Waals surface area contributed by atoms with E-state index in [1.165, 1.54) is 0 Å². The molecular weight excluding hydrogens is 180 g/mol. The van der Waals surface area contributed by atoms with Gasteiger partial charge in [-0.25, -0.2) is 0 Å². The molecule has 0 saturated carbocycles. The van der Waals surface area contributed by atoms with Gasteiger partial charge in [0.15, 0.2) is 5.76 Å². The van der Waals surface area contributed by atoms with Crippen LogP contribution in [-0.4, -0.2) is 24.6 Å². The minimum Gasteiger partial charge on any atom is -0.490 e. The highest BCUT2D eigenvalue weighted by atomic mass is 16.5. The van der Waals surface area contributed by atoms with Crippen LogP contribution in [0.2, 0.25) is 0 Å². The van der Waals surface area contributed by atoms with E-state index in [2.05, 4.69) is 0 Å². The van der Waals surface area contributed by atoms with Gasteiger partial charge in [-0.15, -0.1) is 0 Å². The van der Waals surface area contributed by atoms with E-state index in [0.717, 1.165) is 25.7 Å². The van der Waals surface area contributed by atoms with E-state index in [9.17, 15) is 4.79 Å². The predicted octanol–water partition coefficient (Wildman–Crippen LogP) is 1.43. The third-order valence-corrected chi connectivity index (χ3v) is 3.39. The fourth-order valence-electron chi connectivity index (χ4n) is 2.69. The number of hydrogen-bond donors (Lipinski definition) is 0. The van der Waals surface area contributed by atoms with Crippen molar-refractivity contribution in [1.82, 2.24) is 0 Å². The lowest BCUT2D eigenvalue weighted by molar-refractivity contribution is -0.123. The minimum atomic E-state index is 0.0816. The maximum absolute atomic E-state index is 12.0. The first kappa shape index (κ1) is 8.48. The summed E-state index contributed by atoms with van der Waals surface area (Å²) in [6.07, 6.45) is 6.40. The number of ketones is 1. The topological polar surface area (TPSA) is 35.5 Å². The maximum atomic E-state index is 12.0. The number of fused-ring (bicyclic) bond motifs is 2. The summed E-state index contributed by atoms with van der Waals surface area (Å²) in [4.78, 5) is 12.0. The van der Waals surface area contributed by atoms with Gasteiger partial charge in [-0.2, -0.15) is 0 Å². The van der Waals surface area contributed by atoms with E-state index in [4.69, 9.17) is 9.47 Å². The van der Waals surface area contributed by atoms with Gasteiger partial charge in [0.1, 0.15) is 0 Å². The molecule has 0 aromatic carbocycles. The molecule has 0 aromatic heterocycles. The van der Waals surface area contributed by atoms with Gasteiger partial charge in [0, 0.05) is 6.42 Å². The van der Waals surface area contributed by atoms with Crippen molar-refractivity contribution >= 4 is 5.78 Å². The Morgan fingerprint density at radius 1 is 1.43 bits per heavy atom. The number of carbonyl (C=O) groups is 1. The lowest BCUT2D eigenvalue weighted by Gasteiger charge is -2.17. The molecule has 3 aliphatic heterocycles. The Morgan fingerprint density at radius 3 is 2.93 bits per heavy atom. The molecule has 0 aliphatic carbocycles. The highest BCUT2D eigenvalue weighted by Gasteiger charge is 2.45. The molecule has 3 heterocycles. The number of allylic oxidation sites excluding steroid dienone is 1. The van der Waals surface area contributed by atoms with Gasteiger partial charge in [-0.1, -0.05) is 0 Å². The smallest absolute Gasteiger partial charge is 0.202 e. The molecule has 3 unspecified atom stereocenters. The minimum absolute atomic E-state index is 0.0816. The van der Waals surface area contributed by atoms with Gasteiger partial charge < -0.3 is 9.47 Å². The largest absolute Gasteiger partial charge is 0.490 e. The van der Waals surface area contributed by atoms with Crippen molar-refractivity contribution in [3.05, 3.63) is 11.8 Å². The van der Waals surface area contributed by atoms with Crippen LogP contribution in [0.3, 0.4) is 0 Å². The molecule has 76 valence electrons. The van der Waals surface area contributed by atoms with Crippen molar-refractivity contribution < 1.29 is 14.3 Å². The van der Waals surface area contributed by atoms with Crippen LogP contribution in [0.4, 0.5) is 0 Å². The van der Waals surface area contributed by atoms with Crippen LogP contribution in [0.25, 0.3) is 0 Å². The Bertz CT molecular complexity index is 295. The SMILES string of the molecule is O=C(C1=CCCO1)C1CC2CCC1O2. The average Bonchev–Trinajstić information content (AvgIpc) is 2.93. The monoisotopic (exact) mass is 194 g/mol. The van der Waals surface area contributed by atoms with Crippen molar-refractivity contribution in [3.8, 4) is 0 Å². The Morgan fingerprint density at radius 2 is 2.36 bits per heavy atom. The molecule has 2 bridgehead atoms. The average molecular weight is 194 g/mol. The van der Waals surface area contributed by atoms with Crippen LogP contribution in [0.15, 0.2) is 11.8 Å². The molecule has 3 rings (SSSR count). The van der Waals surface area contributed by atoms with Crippen LogP contribution in [-0.2, 0) is 14.3 Å². The Labute approximate surface area is 83.1 Å². The van der Waals surface area contributed by atoms with Gasteiger partial charge >= 0.3 is 0 Å². The molecule has 0 amide bonds. The van der Waals surface area contributed by atoms with Crippen LogP contribution >= 0.6 is 0 Å². The third-order valence-electron chi connectivity index (χ3n) is 3.39. The van der Waals surface area contributed by atoms with Crippen molar-refractivity contribution in [2.45, 2.75) is 37.9 Å². The van der Waals surface area contributed by atoms with Crippen molar-refractivity contribution in [2.24, 2.45) is 5.92 Å². The molecular formula is C11H14O3. The number of rotatable bonds is 2. The van der Waals surface area contributed by atoms with E-state index in [0.29, 0.717) is 18.5 Å². The number of hydrogen-bond acceptors (Lipinski definition) is 3. The lowest BCUT2D eigenvalue weighted by Crippen LogP contribution is -2.26. The lowest BCUT2D eigenvalue weighted by atomic mass is 9.85. The summed E-state index contributed by atoms with van der Waals surface area (Å²) in [5.41, 5.74) is 0. The Kier molecular flexibility index (Phi) is 1.87. The first-order valence-corrected chi connectivity index (χ1v) is 5.37. The van der Waals surface area contributed by atoms with Gasteiger partial charge in [-0.3, -0.25) is 4.79 Å². The molecule has 0 radical (unpaired) electrons. The quantitative estimate of drug-likeness (QED) is 0.667. The van der Waals surface area contributed by atoms with Gasteiger partial charge in [0.2, 0.25) is 5.78 Å². The molecule has 0 spiro atoms. The summed E-state index contributed by atoms with van der Waals surface area (Å²) in [6, 6.07) is 0. The predicted molar refractivity (Wildman–Crippen MR) is 49.7 cm³/mol. The van der Waals surface area contributed by atoms with Crippen LogP contribution in [0, 0.1) is 5.92 Å². The molecule has 0 aromatic rings. The second-order valence-electron chi connectivity index (χ2n) is 4.29. The van der Waals surface area contributed by atoms with Crippen molar-refractivity contribution in [1.29, 1.82) is 0 Å². The van der Waals surface area contributed by atoms with E-state index < -0.39 is 0 Å². The Balaban J connectivity index is 1.74. The molecule has 14 heavy (non-hydrogen) atoms. The van der Waals surface area contributed by atoms with E-state index in [1.807, 2.05) is 6.08 Å². The fraction of sp³-hybridized carbons (Fsp3) is 0.727. The number of Topliss-reactive ketones (excluding diaryl/α,β-unsaturated/α-hetero) is 1. The van der Waals surface area contributed by atoms with Crippen molar-refractivity contribution in [3.63, 3.8) is 0 Å².